The average molecular weight is 582 g/mol. The maximum Gasteiger partial charge on any atom is 0.223 e. The first-order valence-corrected chi connectivity index (χ1v) is 16.2. The summed E-state index contributed by atoms with van der Waals surface area (Å²) in [6.45, 7) is 2.45. The van der Waals surface area contributed by atoms with Crippen molar-refractivity contribution in [2.75, 3.05) is 26.2 Å². The number of nitrogens with one attached hydrogen (secondary N) is 1. The zero-order valence-electron chi connectivity index (χ0n) is 25.4. The number of β-amino-alcohol motifs (C(OH)–C–C–N with tert-alkyl or cyclic N) is 1. The molecule has 43 heavy (non-hydrogen) atoms. The third kappa shape index (κ3) is 9.77. The van der Waals surface area contributed by atoms with E-state index in [1.807, 2.05) is 12.1 Å². The molecular weight excluding hydrogens is 534 g/mol. The molecular formula is C37H47N3O3. The van der Waals surface area contributed by atoms with Gasteiger partial charge in [0.1, 0.15) is 18.5 Å². The van der Waals surface area contributed by atoms with Crippen LogP contribution in [0.4, 0.5) is 0 Å². The van der Waals surface area contributed by atoms with E-state index < -0.39 is 6.10 Å². The molecule has 0 spiro atoms. The predicted molar refractivity (Wildman–Crippen MR) is 173 cm³/mol. The third-order valence-corrected chi connectivity index (χ3v) is 8.81. The fourth-order valence-electron chi connectivity index (χ4n) is 6.36. The number of allylic oxidation sites excluding steroid dienone is 1. The van der Waals surface area contributed by atoms with Gasteiger partial charge in [0, 0.05) is 30.3 Å². The summed E-state index contributed by atoms with van der Waals surface area (Å²) >= 11 is 0. The number of nitrogens with zero attached hydrogens (tertiary/aromatic N) is 2. The van der Waals surface area contributed by atoms with Gasteiger partial charge >= 0.3 is 0 Å². The molecule has 1 fully saturated rings. The van der Waals surface area contributed by atoms with Crippen LogP contribution in [0.15, 0.2) is 79.0 Å². The summed E-state index contributed by atoms with van der Waals surface area (Å²) in [6.07, 6.45) is 15.1. The second-order valence-electron chi connectivity index (χ2n) is 12.1. The molecule has 6 nitrogen and oxygen atoms in total. The molecule has 1 aliphatic carbocycles. The first kappa shape index (κ1) is 31.0. The molecule has 228 valence electrons. The number of amides is 1. The van der Waals surface area contributed by atoms with Crippen molar-refractivity contribution in [1.82, 2.24) is 15.2 Å². The fraction of sp³-hybridized carbons (Fsp3) is 0.459. The van der Waals surface area contributed by atoms with E-state index in [1.165, 1.54) is 11.1 Å². The highest BCUT2D eigenvalue weighted by atomic mass is 16.5. The number of likely N-dealkylation sites (tertiary alicyclic amines) is 1. The Hall–Kier alpha value is -3.48. The predicted octanol–water partition coefficient (Wildman–Crippen LogP) is 6.02. The summed E-state index contributed by atoms with van der Waals surface area (Å²) in [6, 6.07) is 23.3. The van der Waals surface area contributed by atoms with Gasteiger partial charge in [0.25, 0.3) is 0 Å². The monoisotopic (exact) mass is 581 g/mol. The van der Waals surface area contributed by atoms with Crippen molar-refractivity contribution in [1.29, 1.82) is 0 Å². The van der Waals surface area contributed by atoms with E-state index in [-0.39, 0.29) is 24.5 Å². The van der Waals surface area contributed by atoms with Crippen molar-refractivity contribution in [2.24, 2.45) is 5.92 Å². The number of aliphatic hydroxyl groups is 1. The van der Waals surface area contributed by atoms with E-state index in [9.17, 15) is 9.90 Å². The normalized spacial score (nSPS) is 16.1. The van der Waals surface area contributed by atoms with Crippen LogP contribution in [0.2, 0.25) is 0 Å². The number of pyridine rings is 1. The average Bonchev–Trinajstić information content (AvgIpc) is 3.05. The molecule has 1 amide bonds. The van der Waals surface area contributed by atoms with Gasteiger partial charge < -0.3 is 20.1 Å². The van der Waals surface area contributed by atoms with Crippen LogP contribution < -0.4 is 10.1 Å². The molecule has 1 unspecified atom stereocenters. The Morgan fingerprint density at radius 1 is 0.953 bits per heavy atom. The molecule has 3 aromatic rings. The van der Waals surface area contributed by atoms with E-state index in [2.05, 4.69) is 81.9 Å². The van der Waals surface area contributed by atoms with Crippen molar-refractivity contribution in [3.05, 3.63) is 101 Å². The summed E-state index contributed by atoms with van der Waals surface area (Å²) in [4.78, 5) is 20.1. The molecule has 0 bridgehead atoms. The van der Waals surface area contributed by atoms with Gasteiger partial charge in [-0.25, -0.2) is 0 Å². The number of aliphatic hydroxyl groups excluding tert-OH is 1. The van der Waals surface area contributed by atoms with E-state index in [4.69, 9.17) is 4.74 Å². The number of hydrogen-bond acceptors (Lipinski definition) is 5. The number of aromatic nitrogens is 1. The Morgan fingerprint density at radius 3 is 2.26 bits per heavy atom. The first-order valence-electron chi connectivity index (χ1n) is 16.2. The lowest BCUT2D eigenvalue weighted by molar-refractivity contribution is -0.127. The van der Waals surface area contributed by atoms with Crippen molar-refractivity contribution in [3.63, 3.8) is 0 Å². The first-order chi connectivity index (χ1) is 21.1. The second kappa shape index (κ2) is 16.4. The van der Waals surface area contributed by atoms with Crippen LogP contribution in [0.25, 0.3) is 6.08 Å². The largest absolute Gasteiger partial charge is 0.490 e. The Bertz CT molecular complexity index is 1240. The van der Waals surface area contributed by atoms with E-state index >= 15 is 0 Å². The number of benzene rings is 2. The van der Waals surface area contributed by atoms with Crippen LogP contribution in [0.3, 0.4) is 0 Å². The van der Waals surface area contributed by atoms with E-state index in [0.717, 1.165) is 94.3 Å². The van der Waals surface area contributed by atoms with Crippen LogP contribution in [-0.2, 0) is 24.1 Å². The van der Waals surface area contributed by atoms with Crippen LogP contribution in [-0.4, -0.2) is 59.3 Å². The molecule has 2 N–H and O–H groups in total. The number of hydrogen-bond donors (Lipinski definition) is 2. The molecule has 2 aromatic carbocycles. The van der Waals surface area contributed by atoms with Gasteiger partial charge in [0.15, 0.2) is 0 Å². The van der Waals surface area contributed by atoms with Crippen LogP contribution in [0, 0.1) is 5.92 Å². The summed E-state index contributed by atoms with van der Waals surface area (Å²) in [7, 11) is 0. The summed E-state index contributed by atoms with van der Waals surface area (Å²) in [5.74, 6) is 1.06. The number of ether oxygens (including phenoxy) is 1. The minimum Gasteiger partial charge on any atom is -0.490 e. The molecule has 2 aliphatic rings. The lowest BCUT2D eigenvalue weighted by Crippen LogP contribution is -2.46. The van der Waals surface area contributed by atoms with Gasteiger partial charge in [-0.15, -0.1) is 0 Å². The summed E-state index contributed by atoms with van der Waals surface area (Å²) in [5, 5.41) is 14.2. The fourth-order valence-corrected chi connectivity index (χ4v) is 6.36. The van der Waals surface area contributed by atoms with Crippen LogP contribution in [0.1, 0.15) is 67.3 Å². The quantitative estimate of drug-likeness (QED) is 0.230. The lowest BCUT2D eigenvalue weighted by Gasteiger charge is -2.33. The SMILES string of the molecule is O=C(NC(CCCc1ccccc1)CCCc1ccccc1)C1CCN(CC(O)COc2ccnc3c2CCC=C3)CC1. The minimum absolute atomic E-state index is 0.0341. The van der Waals surface area contributed by atoms with E-state index in [1.54, 1.807) is 6.20 Å². The summed E-state index contributed by atoms with van der Waals surface area (Å²) in [5.41, 5.74) is 4.80. The number of aryl methyl sites for hydroxylation is 2. The highest BCUT2D eigenvalue weighted by Crippen LogP contribution is 2.27. The smallest absolute Gasteiger partial charge is 0.223 e. The van der Waals surface area contributed by atoms with Gasteiger partial charge in [-0.2, -0.15) is 0 Å². The summed E-state index contributed by atoms with van der Waals surface area (Å²) < 4.78 is 6.02. The molecule has 0 saturated carbocycles. The van der Waals surface area contributed by atoms with Crippen LogP contribution >= 0.6 is 0 Å². The molecule has 0 radical (unpaired) electrons. The van der Waals surface area contributed by atoms with Gasteiger partial charge in [-0.1, -0.05) is 66.7 Å². The van der Waals surface area contributed by atoms with Gasteiger partial charge in [0.2, 0.25) is 5.91 Å². The molecule has 6 heteroatoms. The minimum atomic E-state index is -0.577. The molecule has 1 atom stereocenters. The standard InChI is InChI=1S/C37H47N3O3/c41-33(28-43-36-21-24-38-35-20-8-7-19-34(35)36)27-40-25-22-31(23-26-40)37(42)39-32(17-9-15-29-11-3-1-4-12-29)18-10-16-30-13-5-2-6-14-30/h1-6,8,11-14,20-21,24,31-33,41H,7,9-10,15-19,22-23,25-28H2,(H,39,42). The van der Waals surface area contributed by atoms with E-state index in [0.29, 0.717) is 6.54 Å². The Kier molecular flexibility index (Phi) is 11.8. The maximum absolute atomic E-state index is 13.4. The highest BCUT2D eigenvalue weighted by Gasteiger charge is 2.27. The lowest BCUT2D eigenvalue weighted by atomic mass is 9.94. The zero-order valence-corrected chi connectivity index (χ0v) is 25.4. The van der Waals surface area contributed by atoms with Crippen molar-refractivity contribution < 1.29 is 14.6 Å². The third-order valence-electron chi connectivity index (χ3n) is 8.81. The molecule has 1 aromatic heterocycles. The Labute approximate surface area is 257 Å². The number of carbonyl (C=O) groups is 1. The molecule has 5 rings (SSSR count). The Balaban J connectivity index is 1.05. The maximum atomic E-state index is 13.4. The topological polar surface area (TPSA) is 74.7 Å². The number of fused-ring (bicyclic) bond motifs is 1. The Morgan fingerprint density at radius 2 is 1.60 bits per heavy atom. The molecule has 1 aliphatic heterocycles. The zero-order chi connectivity index (χ0) is 29.7. The molecule has 2 heterocycles. The number of piperidine rings is 1. The highest BCUT2D eigenvalue weighted by molar-refractivity contribution is 5.79. The van der Waals surface area contributed by atoms with Crippen molar-refractivity contribution in [2.45, 2.75) is 76.4 Å². The van der Waals surface area contributed by atoms with Crippen molar-refractivity contribution in [3.8, 4) is 5.75 Å². The number of rotatable bonds is 15. The van der Waals surface area contributed by atoms with Gasteiger partial charge in [-0.05, 0) is 101 Å². The molecule has 1 saturated heterocycles. The second-order valence-corrected chi connectivity index (χ2v) is 12.1. The van der Waals surface area contributed by atoms with Crippen LogP contribution in [0.5, 0.6) is 5.75 Å². The van der Waals surface area contributed by atoms with Gasteiger partial charge in [0.05, 0.1) is 5.69 Å². The van der Waals surface area contributed by atoms with Crippen molar-refractivity contribution >= 4 is 12.0 Å². The van der Waals surface area contributed by atoms with Gasteiger partial charge in [-0.3, -0.25) is 9.78 Å². The number of carbonyl (C=O) groups excluding carboxylic acids is 1.